The van der Waals surface area contributed by atoms with Gasteiger partial charge in [0.05, 0.1) is 12.5 Å². The van der Waals surface area contributed by atoms with Gasteiger partial charge in [-0.1, -0.05) is 29.8 Å². The number of aliphatic carboxylic acids is 1. The third-order valence-electron chi connectivity index (χ3n) is 3.25. The molecule has 2 N–H and O–H groups in total. The van der Waals surface area contributed by atoms with Crippen LogP contribution >= 0.6 is 0 Å². The first kappa shape index (κ1) is 14.7. The first-order valence-corrected chi connectivity index (χ1v) is 6.08. The highest BCUT2D eigenvalue weighted by molar-refractivity contribution is 5.66. The molecular weight excluding hydrogens is 230 g/mol. The summed E-state index contributed by atoms with van der Waals surface area (Å²) >= 11 is 0. The number of nitrogens with zero attached hydrogens (tertiary/aromatic N) is 1. The summed E-state index contributed by atoms with van der Waals surface area (Å²) in [6, 6.07) is 7.61. The number of hydrogen-bond acceptors (Lipinski definition) is 3. The van der Waals surface area contributed by atoms with Crippen LogP contribution in [0.2, 0.25) is 0 Å². The first-order chi connectivity index (χ1) is 8.41. The van der Waals surface area contributed by atoms with Crippen LogP contribution in [0, 0.1) is 6.92 Å². The van der Waals surface area contributed by atoms with Gasteiger partial charge >= 0.3 is 5.97 Å². The van der Waals surface area contributed by atoms with E-state index in [-0.39, 0.29) is 12.5 Å². The third-order valence-corrected chi connectivity index (χ3v) is 3.25. The molecule has 0 aromatic heterocycles. The highest BCUT2D eigenvalue weighted by Crippen LogP contribution is 2.20. The molecule has 0 radical (unpaired) electrons. The van der Waals surface area contributed by atoms with Gasteiger partial charge in [-0.05, 0) is 26.5 Å². The zero-order valence-corrected chi connectivity index (χ0v) is 11.1. The van der Waals surface area contributed by atoms with E-state index < -0.39 is 12.1 Å². The lowest BCUT2D eigenvalue weighted by Crippen LogP contribution is -2.35. The summed E-state index contributed by atoms with van der Waals surface area (Å²) in [5.74, 6) is -0.820. The molecule has 100 valence electrons. The summed E-state index contributed by atoms with van der Waals surface area (Å²) < 4.78 is 0. The summed E-state index contributed by atoms with van der Waals surface area (Å²) in [5.41, 5.74) is 2.01. The van der Waals surface area contributed by atoms with Crippen LogP contribution in [-0.4, -0.2) is 40.7 Å². The fraction of sp³-hybridized carbons (Fsp3) is 0.500. The molecule has 2 atom stereocenters. The molecule has 0 saturated heterocycles. The number of rotatable bonds is 6. The second-order valence-electron chi connectivity index (χ2n) is 4.72. The molecule has 0 spiro atoms. The van der Waals surface area contributed by atoms with E-state index in [9.17, 15) is 9.90 Å². The number of carbonyl (C=O) groups is 1. The van der Waals surface area contributed by atoms with Crippen molar-refractivity contribution in [3.8, 4) is 0 Å². The summed E-state index contributed by atoms with van der Waals surface area (Å²) in [7, 11) is 1.82. The molecule has 0 amide bonds. The quantitative estimate of drug-likeness (QED) is 0.809. The molecule has 0 fully saturated rings. The van der Waals surface area contributed by atoms with Gasteiger partial charge in [0.25, 0.3) is 0 Å². The summed E-state index contributed by atoms with van der Waals surface area (Å²) in [5, 5.41) is 18.9. The van der Waals surface area contributed by atoms with Crippen LogP contribution < -0.4 is 0 Å². The summed E-state index contributed by atoms with van der Waals surface area (Å²) in [6.07, 6.45) is -0.522. The molecule has 2 unspecified atom stereocenters. The molecule has 0 aliphatic carbocycles. The number of aliphatic hydroxyl groups is 1. The molecule has 0 bridgehead atoms. The van der Waals surface area contributed by atoms with E-state index in [1.54, 1.807) is 0 Å². The highest BCUT2D eigenvalue weighted by atomic mass is 16.4. The average molecular weight is 251 g/mol. The molecule has 0 saturated carbocycles. The van der Waals surface area contributed by atoms with E-state index in [0.29, 0.717) is 6.54 Å². The molecule has 1 aromatic rings. The van der Waals surface area contributed by atoms with Crippen molar-refractivity contribution in [2.45, 2.75) is 32.4 Å². The maximum atomic E-state index is 10.5. The van der Waals surface area contributed by atoms with Crippen LogP contribution in [0.15, 0.2) is 24.3 Å². The fourth-order valence-corrected chi connectivity index (χ4v) is 1.76. The van der Waals surface area contributed by atoms with Gasteiger partial charge in [-0.25, -0.2) is 0 Å². The predicted octanol–water partition coefficient (Wildman–Crippen LogP) is 1.82. The van der Waals surface area contributed by atoms with Gasteiger partial charge in [0.2, 0.25) is 0 Å². The van der Waals surface area contributed by atoms with Crippen molar-refractivity contribution in [3.63, 3.8) is 0 Å². The van der Waals surface area contributed by atoms with Gasteiger partial charge in [-0.3, -0.25) is 4.79 Å². The van der Waals surface area contributed by atoms with Crippen LogP contribution in [0.25, 0.3) is 0 Å². The van der Waals surface area contributed by atoms with Crippen molar-refractivity contribution < 1.29 is 15.0 Å². The van der Waals surface area contributed by atoms with Crippen molar-refractivity contribution in [3.05, 3.63) is 35.4 Å². The van der Waals surface area contributed by atoms with Crippen LogP contribution in [0.5, 0.6) is 0 Å². The van der Waals surface area contributed by atoms with Crippen molar-refractivity contribution in [1.82, 2.24) is 4.90 Å². The molecule has 18 heavy (non-hydrogen) atoms. The Hall–Kier alpha value is -1.39. The minimum Gasteiger partial charge on any atom is -0.481 e. The van der Waals surface area contributed by atoms with E-state index in [1.807, 2.05) is 50.1 Å². The highest BCUT2D eigenvalue weighted by Gasteiger charge is 2.20. The topological polar surface area (TPSA) is 60.8 Å². The Morgan fingerprint density at radius 1 is 1.33 bits per heavy atom. The van der Waals surface area contributed by atoms with E-state index in [1.165, 1.54) is 0 Å². The number of carboxylic acid groups (broad SMARTS) is 1. The molecular formula is C14H21NO3. The van der Waals surface area contributed by atoms with E-state index in [2.05, 4.69) is 0 Å². The third kappa shape index (κ3) is 4.13. The number of aliphatic hydroxyl groups excluding tert-OH is 1. The Bertz CT molecular complexity index is 389. The second kappa shape index (κ2) is 6.52. The van der Waals surface area contributed by atoms with Gasteiger partial charge in [0.15, 0.2) is 0 Å². The number of likely N-dealkylation sites (N-methyl/N-ethyl adjacent to an activating group) is 1. The van der Waals surface area contributed by atoms with Gasteiger partial charge in [0.1, 0.15) is 0 Å². The normalized spacial score (nSPS) is 14.5. The van der Waals surface area contributed by atoms with E-state index >= 15 is 0 Å². The molecule has 4 heteroatoms. The lowest BCUT2D eigenvalue weighted by molar-refractivity contribution is -0.137. The number of aryl methyl sites for hydroxylation is 1. The summed E-state index contributed by atoms with van der Waals surface area (Å²) in [4.78, 5) is 12.4. The van der Waals surface area contributed by atoms with Crippen molar-refractivity contribution in [2.75, 3.05) is 13.6 Å². The van der Waals surface area contributed by atoms with Gasteiger partial charge in [0, 0.05) is 12.6 Å². The average Bonchev–Trinajstić information content (AvgIpc) is 2.35. The lowest BCUT2D eigenvalue weighted by Gasteiger charge is -2.28. The number of benzene rings is 1. The van der Waals surface area contributed by atoms with Crippen molar-refractivity contribution in [2.24, 2.45) is 0 Å². The minimum atomic E-state index is -0.820. The van der Waals surface area contributed by atoms with Crippen LogP contribution in [0.3, 0.4) is 0 Å². The predicted molar refractivity (Wildman–Crippen MR) is 70.5 cm³/mol. The molecule has 1 aromatic carbocycles. The largest absolute Gasteiger partial charge is 0.481 e. The van der Waals surface area contributed by atoms with Gasteiger partial charge in [-0.2, -0.15) is 0 Å². The van der Waals surface area contributed by atoms with Crippen LogP contribution in [0.4, 0.5) is 0 Å². The molecule has 0 aliphatic rings. The SMILES string of the molecule is Cc1ccc(C(O)C(C)N(C)CCC(=O)O)cc1. The molecule has 0 heterocycles. The second-order valence-corrected chi connectivity index (χ2v) is 4.72. The van der Waals surface area contributed by atoms with Crippen LogP contribution in [0.1, 0.15) is 30.6 Å². The number of hydrogen-bond donors (Lipinski definition) is 2. The van der Waals surface area contributed by atoms with Gasteiger partial charge in [-0.15, -0.1) is 0 Å². The lowest BCUT2D eigenvalue weighted by atomic mass is 10.0. The Labute approximate surface area is 108 Å². The molecule has 4 nitrogen and oxygen atoms in total. The summed E-state index contributed by atoms with van der Waals surface area (Å²) in [6.45, 7) is 4.32. The smallest absolute Gasteiger partial charge is 0.304 e. The van der Waals surface area contributed by atoms with E-state index in [0.717, 1.165) is 11.1 Å². The molecule has 1 rings (SSSR count). The maximum absolute atomic E-state index is 10.5. The zero-order chi connectivity index (χ0) is 13.7. The standard InChI is InChI=1S/C14H21NO3/c1-10-4-6-12(7-5-10)14(18)11(2)15(3)9-8-13(16)17/h4-7,11,14,18H,8-9H2,1-3H3,(H,16,17). The van der Waals surface area contributed by atoms with Crippen molar-refractivity contribution >= 4 is 5.97 Å². The van der Waals surface area contributed by atoms with Gasteiger partial charge < -0.3 is 15.1 Å². The minimum absolute atomic E-state index is 0.0848. The molecule has 0 aliphatic heterocycles. The van der Waals surface area contributed by atoms with Crippen molar-refractivity contribution in [1.29, 1.82) is 0 Å². The monoisotopic (exact) mass is 251 g/mol. The zero-order valence-electron chi connectivity index (χ0n) is 11.1. The Balaban J connectivity index is 2.62. The Morgan fingerprint density at radius 2 is 1.89 bits per heavy atom. The fourth-order valence-electron chi connectivity index (χ4n) is 1.76. The Morgan fingerprint density at radius 3 is 2.39 bits per heavy atom. The maximum Gasteiger partial charge on any atom is 0.304 e. The number of carboxylic acids is 1. The van der Waals surface area contributed by atoms with Crippen LogP contribution in [-0.2, 0) is 4.79 Å². The Kier molecular flexibility index (Phi) is 5.31. The van der Waals surface area contributed by atoms with E-state index in [4.69, 9.17) is 5.11 Å². The first-order valence-electron chi connectivity index (χ1n) is 6.08.